The molecule has 0 amide bonds. The van der Waals surface area contributed by atoms with Gasteiger partial charge in [0.15, 0.2) is 0 Å². The third-order valence-corrected chi connectivity index (χ3v) is 2.10. The highest BCUT2D eigenvalue weighted by Crippen LogP contribution is 2.31. The van der Waals surface area contributed by atoms with E-state index in [0.29, 0.717) is 5.41 Å². The lowest BCUT2D eigenvalue weighted by Gasteiger charge is -2.29. The van der Waals surface area contributed by atoms with Crippen molar-refractivity contribution in [1.82, 2.24) is 4.90 Å². The Morgan fingerprint density at radius 3 is 1.92 bits per heavy atom. The Balaban J connectivity index is 2.62. The van der Waals surface area contributed by atoms with E-state index in [1.54, 1.807) is 0 Å². The van der Waals surface area contributed by atoms with Crippen molar-refractivity contribution in [2.24, 2.45) is 5.41 Å². The molecule has 0 saturated carbocycles. The zero-order valence-electron chi connectivity index (χ0n) is 8.48. The van der Waals surface area contributed by atoms with Crippen molar-refractivity contribution in [3.8, 4) is 0 Å². The summed E-state index contributed by atoms with van der Waals surface area (Å²) in [7, 11) is 0. The summed E-state index contributed by atoms with van der Waals surface area (Å²) in [4.78, 5) is 2.26. The van der Waals surface area contributed by atoms with Crippen LogP contribution in [0.5, 0.6) is 0 Å². The van der Waals surface area contributed by atoms with Gasteiger partial charge in [-0.15, -0.1) is 0 Å². The smallest absolute Gasteiger partial charge is 0.0273 e. The fraction of sp³-hybridized carbons (Fsp3) is 0.636. The molecule has 68 valence electrons. The lowest BCUT2D eigenvalue weighted by molar-refractivity contribution is 0.287. The molecule has 1 aliphatic rings. The van der Waals surface area contributed by atoms with Crippen molar-refractivity contribution in [2.75, 3.05) is 6.54 Å². The van der Waals surface area contributed by atoms with Gasteiger partial charge in [-0.3, -0.25) is 0 Å². The standard InChI is InChI=1S/C11H19N/c1-9-6-7-10(2)12(9)8-11(3,4)5/h1-2,6-8H2,3-5H3. The van der Waals surface area contributed by atoms with Crippen molar-refractivity contribution in [3.63, 3.8) is 0 Å². The van der Waals surface area contributed by atoms with Gasteiger partial charge in [-0.1, -0.05) is 33.9 Å². The SMILES string of the molecule is C=C1CCC(=C)N1CC(C)(C)C. The first kappa shape index (κ1) is 9.37. The maximum atomic E-state index is 4.04. The minimum atomic E-state index is 0.330. The lowest BCUT2D eigenvalue weighted by atomic mass is 9.96. The van der Waals surface area contributed by atoms with Crippen molar-refractivity contribution < 1.29 is 0 Å². The second-order valence-corrected chi connectivity index (χ2v) is 4.78. The third kappa shape index (κ3) is 2.13. The maximum absolute atomic E-state index is 4.04. The molecule has 1 fully saturated rings. The second-order valence-electron chi connectivity index (χ2n) is 4.78. The molecule has 0 aromatic carbocycles. The first-order valence-electron chi connectivity index (χ1n) is 4.53. The highest BCUT2D eigenvalue weighted by atomic mass is 15.2. The van der Waals surface area contributed by atoms with Crippen LogP contribution in [0.4, 0.5) is 0 Å². The van der Waals surface area contributed by atoms with Crippen LogP contribution < -0.4 is 0 Å². The summed E-state index contributed by atoms with van der Waals surface area (Å²) in [6.45, 7) is 15.8. The number of hydrogen-bond acceptors (Lipinski definition) is 1. The van der Waals surface area contributed by atoms with Gasteiger partial charge in [-0.05, 0) is 18.3 Å². The Morgan fingerprint density at radius 2 is 1.58 bits per heavy atom. The summed E-state index contributed by atoms with van der Waals surface area (Å²) in [5.41, 5.74) is 2.79. The van der Waals surface area contributed by atoms with Gasteiger partial charge in [0.1, 0.15) is 0 Å². The van der Waals surface area contributed by atoms with Crippen LogP contribution >= 0.6 is 0 Å². The summed E-state index contributed by atoms with van der Waals surface area (Å²) in [5.74, 6) is 0. The summed E-state index contributed by atoms with van der Waals surface area (Å²) < 4.78 is 0. The lowest BCUT2D eigenvalue weighted by Crippen LogP contribution is -2.27. The Kier molecular flexibility index (Phi) is 2.31. The zero-order chi connectivity index (χ0) is 9.35. The van der Waals surface area contributed by atoms with Gasteiger partial charge in [0.2, 0.25) is 0 Å². The molecule has 0 unspecified atom stereocenters. The van der Waals surface area contributed by atoms with Gasteiger partial charge in [-0.2, -0.15) is 0 Å². The summed E-state index contributed by atoms with van der Waals surface area (Å²) in [6, 6.07) is 0. The van der Waals surface area contributed by atoms with Crippen LogP contribution in [0.3, 0.4) is 0 Å². The molecule has 1 saturated heterocycles. The van der Waals surface area contributed by atoms with Gasteiger partial charge in [0.25, 0.3) is 0 Å². The molecule has 1 rings (SSSR count). The van der Waals surface area contributed by atoms with E-state index in [-0.39, 0.29) is 0 Å². The topological polar surface area (TPSA) is 3.24 Å². The normalized spacial score (nSPS) is 19.1. The molecule has 1 heteroatoms. The molecule has 0 spiro atoms. The second kappa shape index (κ2) is 2.96. The van der Waals surface area contributed by atoms with E-state index < -0.39 is 0 Å². The number of allylic oxidation sites excluding steroid dienone is 2. The van der Waals surface area contributed by atoms with E-state index in [1.807, 2.05) is 0 Å². The molecule has 1 heterocycles. The summed E-state index contributed by atoms with van der Waals surface area (Å²) in [6.07, 6.45) is 2.18. The fourth-order valence-electron chi connectivity index (χ4n) is 1.48. The van der Waals surface area contributed by atoms with E-state index in [1.165, 1.54) is 11.4 Å². The Labute approximate surface area is 75.8 Å². The molecule has 1 aliphatic heterocycles. The predicted molar refractivity (Wildman–Crippen MR) is 53.7 cm³/mol. The average Bonchev–Trinajstić information content (AvgIpc) is 2.16. The maximum Gasteiger partial charge on any atom is 0.0273 e. The predicted octanol–water partition coefficient (Wildman–Crippen LogP) is 3.16. The Morgan fingerprint density at radius 1 is 1.17 bits per heavy atom. The summed E-state index contributed by atoms with van der Waals surface area (Å²) in [5, 5.41) is 0. The minimum Gasteiger partial charge on any atom is -0.349 e. The number of hydrogen-bond donors (Lipinski definition) is 0. The van der Waals surface area contributed by atoms with Crippen molar-refractivity contribution in [1.29, 1.82) is 0 Å². The molecule has 1 nitrogen and oxygen atoms in total. The van der Waals surface area contributed by atoms with Crippen LogP contribution in [0.25, 0.3) is 0 Å². The first-order chi connectivity index (χ1) is 5.40. The molecule has 0 bridgehead atoms. The van der Waals surface area contributed by atoms with Crippen LogP contribution in [0, 0.1) is 5.41 Å². The van der Waals surface area contributed by atoms with Crippen molar-refractivity contribution >= 4 is 0 Å². The molecular formula is C11H19N. The molecule has 0 aromatic rings. The van der Waals surface area contributed by atoms with E-state index in [0.717, 1.165) is 19.4 Å². The molecule has 0 aliphatic carbocycles. The van der Waals surface area contributed by atoms with Gasteiger partial charge in [0.05, 0.1) is 0 Å². The molecular weight excluding hydrogens is 146 g/mol. The highest BCUT2D eigenvalue weighted by Gasteiger charge is 2.23. The first-order valence-corrected chi connectivity index (χ1v) is 4.53. The van der Waals surface area contributed by atoms with E-state index in [4.69, 9.17) is 0 Å². The van der Waals surface area contributed by atoms with Crippen LogP contribution in [-0.4, -0.2) is 11.4 Å². The fourth-order valence-corrected chi connectivity index (χ4v) is 1.48. The van der Waals surface area contributed by atoms with Gasteiger partial charge in [-0.25, -0.2) is 0 Å². The molecule has 12 heavy (non-hydrogen) atoms. The molecule has 0 aromatic heterocycles. The van der Waals surface area contributed by atoms with Gasteiger partial charge < -0.3 is 4.90 Å². The van der Waals surface area contributed by atoms with E-state index in [9.17, 15) is 0 Å². The van der Waals surface area contributed by atoms with Crippen LogP contribution in [0.15, 0.2) is 24.6 Å². The zero-order valence-corrected chi connectivity index (χ0v) is 8.48. The third-order valence-electron chi connectivity index (χ3n) is 2.10. The van der Waals surface area contributed by atoms with Crippen molar-refractivity contribution in [3.05, 3.63) is 24.6 Å². The number of likely N-dealkylation sites (tertiary alicyclic amines) is 1. The van der Waals surface area contributed by atoms with E-state index >= 15 is 0 Å². The van der Waals surface area contributed by atoms with Crippen LogP contribution in [-0.2, 0) is 0 Å². The summed E-state index contributed by atoms with van der Waals surface area (Å²) >= 11 is 0. The Bertz CT molecular complexity index is 192. The van der Waals surface area contributed by atoms with E-state index in [2.05, 4.69) is 38.8 Å². The van der Waals surface area contributed by atoms with Crippen molar-refractivity contribution in [2.45, 2.75) is 33.6 Å². The Hall–Kier alpha value is -0.720. The number of rotatable bonds is 1. The van der Waals surface area contributed by atoms with Crippen LogP contribution in [0.2, 0.25) is 0 Å². The number of nitrogens with zero attached hydrogens (tertiary/aromatic N) is 1. The molecule has 0 atom stereocenters. The minimum absolute atomic E-state index is 0.330. The monoisotopic (exact) mass is 165 g/mol. The van der Waals surface area contributed by atoms with Crippen LogP contribution in [0.1, 0.15) is 33.6 Å². The average molecular weight is 165 g/mol. The van der Waals surface area contributed by atoms with Gasteiger partial charge in [0, 0.05) is 17.9 Å². The molecule has 0 N–H and O–H groups in total. The largest absolute Gasteiger partial charge is 0.349 e. The highest BCUT2D eigenvalue weighted by molar-refractivity contribution is 5.16. The molecule has 0 radical (unpaired) electrons. The van der Waals surface area contributed by atoms with Gasteiger partial charge >= 0.3 is 0 Å². The quantitative estimate of drug-likeness (QED) is 0.577.